The molecule has 2 heteroatoms. The van der Waals surface area contributed by atoms with Crippen LogP contribution >= 0.6 is 23.2 Å². The van der Waals surface area contributed by atoms with Crippen LogP contribution < -0.4 is 0 Å². The predicted molar refractivity (Wildman–Crippen MR) is 88.9 cm³/mol. The van der Waals surface area contributed by atoms with Gasteiger partial charge in [-0.2, -0.15) is 0 Å². The summed E-state index contributed by atoms with van der Waals surface area (Å²) in [4.78, 5) is 0. The van der Waals surface area contributed by atoms with E-state index < -0.39 is 0 Å². The molecule has 0 bridgehead atoms. The van der Waals surface area contributed by atoms with Crippen LogP contribution in [0.2, 0.25) is 5.02 Å². The molecular weight excluding hydrogens is 287 g/mol. The fraction of sp³-hybridized carbons (Fsp3) is 0.333. The average Bonchev–Trinajstić information content (AvgIpc) is 2.47. The molecule has 2 aromatic rings. The van der Waals surface area contributed by atoms with Gasteiger partial charge in [0, 0.05) is 5.02 Å². The molecule has 0 nitrogen and oxygen atoms in total. The van der Waals surface area contributed by atoms with Crippen LogP contribution in [-0.4, -0.2) is 0 Å². The third-order valence-corrected chi connectivity index (χ3v) is 4.88. The third kappa shape index (κ3) is 3.19. The van der Waals surface area contributed by atoms with E-state index in [1.807, 2.05) is 24.3 Å². The van der Waals surface area contributed by atoms with E-state index in [2.05, 4.69) is 45.0 Å². The zero-order chi connectivity index (χ0) is 14.8. The fourth-order valence-electron chi connectivity index (χ4n) is 2.17. The summed E-state index contributed by atoms with van der Waals surface area (Å²) in [5.74, 6) is 0. The number of hydrogen-bond donors (Lipinski definition) is 0. The van der Waals surface area contributed by atoms with Crippen LogP contribution in [0.25, 0.3) is 0 Å². The van der Waals surface area contributed by atoms with Crippen LogP contribution in [0.5, 0.6) is 0 Å². The number of benzene rings is 2. The summed E-state index contributed by atoms with van der Waals surface area (Å²) in [6, 6.07) is 16.3. The Morgan fingerprint density at radius 2 is 1.60 bits per heavy atom. The van der Waals surface area contributed by atoms with Crippen molar-refractivity contribution in [1.29, 1.82) is 0 Å². The van der Waals surface area contributed by atoms with Gasteiger partial charge in [-0.05, 0) is 34.6 Å². The van der Waals surface area contributed by atoms with Crippen LogP contribution in [-0.2, 0) is 5.41 Å². The molecule has 0 amide bonds. The molecule has 1 unspecified atom stereocenters. The maximum absolute atomic E-state index is 6.55. The van der Waals surface area contributed by atoms with Crippen molar-refractivity contribution >= 4 is 23.2 Å². The molecule has 0 saturated heterocycles. The van der Waals surface area contributed by atoms with Gasteiger partial charge in [-0.1, -0.05) is 74.8 Å². The molecule has 0 aliphatic rings. The fourth-order valence-corrected chi connectivity index (χ4v) is 2.80. The molecule has 0 heterocycles. The molecule has 0 aliphatic heterocycles. The number of halogens is 2. The predicted octanol–water partition coefficient (Wildman–Crippen LogP) is 6.36. The molecule has 0 aliphatic carbocycles. The van der Waals surface area contributed by atoms with Crippen LogP contribution in [0.4, 0.5) is 0 Å². The molecular formula is C18H20Cl2. The van der Waals surface area contributed by atoms with Gasteiger partial charge in [-0.15, -0.1) is 11.6 Å². The minimum Gasteiger partial charge on any atom is -0.113 e. The van der Waals surface area contributed by atoms with E-state index in [0.717, 1.165) is 17.5 Å². The van der Waals surface area contributed by atoms with Crippen molar-refractivity contribution in [3.05, 3.63) is 70.2 Å². The van der Waals surface area contributed by atoms with Gasteiger partial charge >= 0.3 is 0 Å². The topological polar surface area (TPSA) is 0 Å². The Bertz CT molecular complexity index is 570. The summed E-state index contributed by atoms with van der Waals surface area (Å²) in [5.41, 5.74) is 3.57. The van der Waals surface area contributed by atoms with Crippen LogP contribution in [0, 0.1) is 0 Å². The maximum atomic E-state index is 6.55. The SMILES string of the molecule is CCC(C)(C)c1ccc(C(Cl)c2ccccc2Cl)cc1. The van der Waals surface area contributed by atoms with Crippen molar-refractivity contribution in [2.24, 2.45) is 0 Å². The largest absolute Gasteiger partial charge is 0.113 e. The van der Waals surface area contributed by atoms with Gasteiger partial charge in [-0.3, -0.25) is 0 Å². The highest BCUT2D eigenvalue weighted by molar-refractivity contribution is 6.33. The molecule has 2 aromatic carbocycles. The highest BCUT2D eigenvalue weighted by Crippen LogP contribution is 2.35. The highest BCUT2D eigenvalue weighted by Gasteiger charge is 2.19. The molecule has 0 N–H and O–H groups in total. The summed E-state index contributed by atoms with van der Waals surface area (Å²) in [7, 11) is 0. The van der Waals surface area contributed by atoms with Gasteiger partial charge in [0.1, 0.15) is 0 Å². The molecule has 20 heavy (non-hydrogen) atoms. The molecule has 2 rings (SSSR count). The second kappa shape index (κ2) is 6.20. The van der Waals surface area contributed by atoms with Gasteiger partial charge in [0.15, 0.2) is 0 Å². The molecule has 0 spiro atoms. The van der Waals surface area contributed by atoms with Gasteiger partial charge < -0.3 is 0 Å². The quantitative estimate of drug-likeness (QED) is 0.577. The van der Waals surface area contributed by atoms with Crippen molar-refractivity contribution in [2.45, 2.75) is 38.0 Å². The van der Waals surface area contributed by atoms with Crippen molar-refractivity contribution in [1.82, 2.24) is 0 Å². The number of rotatable bonds is 4. The first kappa shape index (κ1) is 15.4. The molecule has 0 radical (unpaired) electrons. The lowest BCUT2D eigenvalue weighted by Gasteiger charge is -2.24. The second-order valence-electron chi connectivity index (χ2n) is 5.74. The van der Waals surface area contributed by atoms with E-state index in [-0.39, 0.29) is 10.8 Å². The van der Waals surface area contributed by atoms with E-state index in [1.165, 1.54) is 5.56 Å². The Balaban J connectivity index is 2.29. The zero-order valence-corrected chi connectivity index (χ0v) is 13.7. The van der Waals surface area contributed by atoms with Gasteiger partial charge in [0.2, 0.25) is 0 Å². The zero-order valence-electron chi connectivity index (χ0n) is 12.2. The number of alkyl halides is 1. The first-order valence-corrected chi connectivity index (χ1v) is 7.76. The average molecular weight is 307 g/mol. The lowest BCUT2D eigenvalue weighted by molar-refractivity contribution is 0.506. The van der Waals surface area contributed by atoms with E-state index >= 15 is 0 Å². The monoisotopic (exact) mass is 306 g/mol. The van der Waals surface area contributed by atoms with Gasteiger partial charge in [0.25, 0.3) is 0 Å². The summed E-state index contributed by atoms with van der Waals surface area (Å²) in [6.45, 7) is 6.73. The van der Waals surface area contributed by atoms with Crippen LogP contribution in [0.1, 0.15) is 49.3 Å². The molecule has 106 valence electrons. The Hall–Kier alpha value is -0.980. The first-order valence-electron chi connectivity index (χ1n) is 6.94. The maximum Gasteiger partial charge on any atom is 0.0849 e. The van der Waals surface area contributed by atoms with E-state index in [0.29, 0.717) is 5.02 Å². The van der Waals surface area contributed by atoms with Gasteiger partial charge in [-0.25, -0.2) is 0 Å². The van der Waals surface area contributed by atoms with Crippen molar-refractivity contribution in [3.8, 4) is 0 Å². The van der Waals surface area contributed by atoms with Crippen LogP contribution in [0.3, 0.4) is 0 Å². The van der Waals surface area contributed by atoms with Crippen molar-refractivity contribution < 1.29 is 0 Å². The Labute approximate surface area is 131 Å². The third-order valence-electron chi connectivity index (χ3n) is 4.05. The smallest absolute Gasteiger partial charge is 0.0849 e. The molecule has 1 atom stereocenters. The Morgan fingerprint density at radius 3 is 2.15 bits per heavy atom. The summed E-state index contributed by atoms with van der Waals surface area (Å²) in [5, 5.41) is 0.507. The normalized spacial score (nSPS) is 13.2. The minimum absolute atomic E-state index is 0.199. The summed E-state index contributed by atoms with van der Waals surface area (Å²) in [6.07, 6.45) is 1.11. The lowest BCUT2D eigenvalue weighted by atomic mass is 9.82. The van der Waals surface area contributed by atoms with Crippen molar-refractivity contribution in [3.63, 3.8) is 0 Å². The number of hydrogen-bond acceptors (Lipinski definition) is 0. The Kier molecular flexibility index (Phi) is 4.78. The minimum atomic E-state index is -0.206. The van der Waals surface area contributed by atoms with E-state index in [1.54, 1.807) is 0 Å². The summed E-state index contributed by atoms with van der Waals surface area (Å²) < 4.78 is 0. The van der Waals surface area contributed by atoms with Crippen molar-refractivity contribution in [2.75, 3.05) is 0 Å². The summed E-state index contributed by atoms with van der Waals surface area (Å²) >= 11 is 12.8. The highest BCUT2D eigenvalue weighted by atomic mass is 35.5. The van der Waals surface area contributed by atoms with E-state index in [4.69, 9.17) is 23.2 Å². The lowest BCUT2D eigenvalue weighted by Crippen LogP contribution is -2.15. The van der Waals surface area contributed by atoms with E-state index in [9.17, 15) is 0 Å². The first-order chi connectivity index (χ1) is 9.45. The van der Waals surface area contributed by atoms with Crippen LogP contribution in [0.15, 0.2) is 48.5 Å². The van der Waals surface area contributed by atoms with Gasteiger partial charge in [0.05, 0.1) is 5.38 Å². The second-order valence-corrected chi connectivity index (χ2v) is 6.59. The Morgan fingerprint density at radius 1 is 1.00 bits per heavy atom. The molecule has 0 aromatic heterocycles. The molecule has 0 saturated carbocycles. The standard InChI is InChI=1S/C18H20Cl2/c1-4-18(2,3)14-11-9-13(10-12-14)17(20)15-7-5-6-8-16(15)19/h5-12,17H,4H2,1-3H3. The molecule has 0 fully saturated rings.